The van der Waals surface area contributed by atoms with E-state index in [0.717, 1.165) is 12.8 Å². The van der Waals surface area contributed by atoms with Gasteiger partial charge in [-0.15, -0.1) is 0 Å². The van der Waals surface area contributed by atoms with Gasteiger partial charge < -0.3 is 42.6 Å². The molecule has 0 aromatic rings. The minimum atomic E-state index is -0.694. The van der Waals surface area contributed by atoms with E-state index in [1.54, 1.807) is 13.8 Å². The Morgan fingerprint density at radius 2 is 1.24 bits per heavy atom. The Labute approximate surface area is 310 Å². The van der Waals surface area contributed by atoms with Crippen molar-refractivity contribution in [3.05, 3.63) is 36.5 Å². The number of carbonyl (C=O) groups excluding carboxylic acids is 7. The molecule has 9 fully saturated rings. The van der Waals surface area contributed by atoms with Gasteiger partial charge in [-0.1, -0.05) is 19.7 Å². The van der Waals surface area contributed by atoms with Gasteiger partial charge in [0, 0.05) is 40.9 Å². The summed E-state index contributed by atoms with van der Waals surface area (Å²) in [6.45, 7) is 15.7. The van der Waals surface area contributed by atoms with Gasteiger partial charge in [0.25, 0.3) is 0 Å². The highest BCUT2D eigenvalue weighted by Crippen LogP contribution is 2.56. The fourth-order valence-corrected chi connectivity index (χ4v) is 9.44. The molecule has 0 spiro atoms. The molecule has 9 rings (SSSR count). The van der Waals surface area contributed by atoms with E-state index in [9.17, 15) is 33.6 Å². The molecule has 7 saturated heterocycles. The maximum Gasteiger partial charge on any atom is 0.344 e. The largest absolute Gasteiger partial charge is 0.465 e. The Morgan fingerprint density at radius 3 is 1.91 bits per heavy atom. The third-order valence-electron chi connectivity index (χ3n) is 11.9. The molecular formula is C38H44O16. The number of carbonyl (C=O) groups is 7. The third-order valence-corrected chi connectivity index (χ3v) is 11.9. The van der Waals surface area contributed by atoms with Crippen molar-refractivity contribution in [2.75, 3.05) is 19.8 Å². The summed E-state index contributed by atoms with van der Waals surface area (Å²) < 4.78 is 47.2. The molecule has 0 radical (unpaired) electrons. The second-order valence-corrected chi connectivity index (χ2v) is 15.6. The van der Waals surface area contributed by atoms with Crippen molar-refractivity contribution in [1.29, 1.82) is 0 Å². The summed E-state index contributed by atoms with van der Waals surface area (Å²) in [5.74, 6) is -1.93. The minimum Gasteiger partial charge on any atom is -0.465 e. The van der Waals surface area contributed by atoms with Crippen LogP contribution in [0.1, 0.15) is 46.5 Å². The fourth-order valence-electron chi connectivity index (χ4n) is 9.44. The second-order valence-electron chi connectivity index (χ2n) is 15.6. The molecule has 16 heteroatoms. The normalized spacial score (nSPS) is 40.1. The molecule has 0 N–H and O–H groups in total. The van der Waals surface area contributed by atoms with E-state index in [4.69, 9.17) is 42.6 Å². The van der Waals surface area contributed by atoms with Gasteiger partial charge >= 0.3 is 41.8 Å². The number of hydrogen-bond acceptors (Lipinski definition) is 16. The summed E-state index contributed by atoms with van der Waals surface area (Å²) in [4.78, 5) is 80.2. The van der Waals surface area contributed by atoms with Crippen molar-refractivity contribution < 1.29 is 76.2 Å². The fraction of sp³-hybridized carbons (Fsp3) is 0.658. The number of hydrogen-bond donors (Lipinski definition) is 0. The lowest BCUT2D eigenvalue weighted by Gasteiger charge is -2.28. The average molecular weight is 757 g/mol. The first-order chi connectivity index (χ1) is 25.6. The summed E-state index contributed by atoms with van der Waals surface area (Å²) in [5.41, 5.74) is 1.01. The van der Waals surface area contributed by atoms with Gasteiger partial charge in [0.15, 0.2) is 18.8 Å². The molecule has 54 heavy (non-hydrogen) atoms. The molecule has 6 bridgehead atoms. The highest BCUT2D eigenvalue weighted by Gasteiger charge is 2.65. The molecule has 7 aliphatic heterocycles. The number of cyclic esters (lactones) is 2. The van der Waals surface area contributed by atoms with E-state index < -0.39 is 36.7 Å². The lowest BCUT2D eigenvalue weighted by Crippen LogP contribution is -2.40. The Kier molecular flexibility index (Phi) is 10.2. The van der Waals surface area contributed by atoms with Crippen LogP contribution in [0.4, 0.5) is 0 Å². The molecule has 9 aliphatic rings. The first-order valence-corrected chi connectivity index (χ1v) is 18.2. The molecule has 7 heterocycles. The number of esters is 7. The van der Waals surface area contributed by atoms with Crippen LogP contribution in [-0.2, 0) is 76.2 Å². The summed E-state index contributed by atoms with van der Waals surface area (Å²) >= 11 is 0. The van der Waals surface area contributed by atoms with Crippen molar-refractivity contribution >= 4 is 41.8 Å². The van der Waals surface area contributed by atoms with Gasteiger partial charge in [0.2, 0.25) is 0 Å². The molecule has 2 aliphatic carbocycles. The van der Waals surface area contributed by atoms with E-state index in [1.807, 2.05) is 0 Å². The van der Waals surface area contributed by atoms with Crippen LogP contribution in [-0.4, -0.2) is 110 Å². The highest BCUT2D eigenvalue weighted by atomic mass is 16.7. The Balaban J connectivity index is 0.000000126. The summed E-state index contributed by atoms with van der Waals surface area (Å²) in [6, 6.07) is 0. The van der Waals surface area contributed by atoms with Crippen LogP contribution >= 0.6 is 0 Å². The van der Waals surface area contributed by atoms with E-state index >= 15 is 0 Å². The zero-order valence-electron chi connectivity index (χ0n) is 30.3. The van der Waals surface area contributed by atoms with Crippen LogP contribution in [0.3, 0.4) is 0 Å². The van der Waals surface area contributed by atoms with E-state index in [2.05, 4.69) is 19.7 Å². The van der Waals surface area contributed by atoms with Crippen LogP contribution in [0.25, 0.3) is 0 Å². The van der Waals surface area contributed by atoms with Crippen LogP contribution in [0, 0.1) is 41.4 Å². The maximum absolute atomic E-state index is 11.6. The van der Waals surface area contributed by atoms with Crippen molar-refractivity contribution in [1.82, 2.24) is 0 Å². The van der Waals surface area contributed by atoms with Crippen molar-refractivity contribution in [2.45, 2.75) is 95.3 Å². The first kappa shape index (κ1) is 37.7. The quantitative estimate of drug-likeness (QED) is 0.196. The monoisotopic (exact) mass is 756 g/mol. The van der Waals surface area contributed by atoms with Gasteiger partial charge in [-0.3, -0.25) is 14.4 Å². The molecule has 15 atom stereocenters. The Morgan fingerprint density at radius 1 is 0.630 bits per heavy atom. The van der Waals surface area contributed by atoms with Crippen molar-refractivity contribution in [3.63, 3.8) is 0 Å². The minimum absolute atomic E-state index is 0.0417. The highest BCUT2D eigenvalue weighted by molar-refractivity contribution is 5.89. The van der Waals surface area contributed by atoms with Crippen LogP contribution < -0.4 is 0 Å². The smallest absolute Gasteiger partial charge is 0.344 e. The zero-order chi connectivity index (χ0) is 38.7. The topological polar surface area (TPSA) is 203 Å². The molecule has 0 amide bonds. The number of ether oxygens (including phenoxy) is 9. The van der Waals surface area contributed by atoms with Gasteiger partial charge in [-0.2, -0.15) is 0 Å². The number of rotatable bonds is 8. The van der Waals surface area contributed by atoms with Gasteiger partial charge in [0.05, 0.1) is 43.2 Å². The van der Waals surface area contributed by atoms with Gasteiger partial charge in [-0.25, -0.2) is 19.2 Å². The maximum atomic E-state index is 11.6. The second kappa shape index (κ2) is 14.6. The van der Waals surface area contributed by atoms with Crippen molar-refractivity contribution in [2.24, 2.45) is 41.4 Å². The summed E-state index contributed by atoms with van der Waals surface area (Å²) in [6.07, 6.45) is 0.459. The van der Waals surface area contributed by atoms with E-state index in [1.165, 1.54) is 6.92 Å². The van der Waals surface area contributed by atoms with Gasteiger partial charge in [0.1, 0.15) is 24.4 Å². The zero-order valence-corrected chi connectivity index (χ0v) is 30.3. The predicted octanol–water partition coefficient (Wildman–Crippen LogP) is 1.47. The first-order valence-electron chi connectivity index (χ1n) is 18.2. The molecular weight excluding hydrogens is 712 g/mol. The van der Waals surface area contributed by atoms with E-state index in [-0.39, 0.29) is 95.7 Å². The van der Waals surface area contributed by atoms with Gasteiger partial charge in [-0.05, 0) is 46.0 Å². The van der Waals surface area contributed by atoms with Crippen LogP contribution in [0.5, 0.6) is 0 Å². The van der Waals surface area contributed by atoms with Crippen LogP contribution in [0.2, 0.25) is 0 Å². The van der Waals surface area contributed by atoms with Crippen molar-refractivity contribution in [3.8, 4) is 0 Å². The molecule has 292 valence electrons. The lowest BCUT2D eigenvalue weighted by molar-refractivity contribution is -0.167. The third kappa shape index (κ3) is 6.82. The summed E-state index contributed by atoms with van der Waals surface area (Å²) in [5, 5.41) is 0. The Bertz CT molecular complexity index is 1610. The molecule has 0 aromatic carbocycles. The molecule has 0 aromatic heterocycles. The Hall–Kier alpha value is -4.57. The molecule has 15 unspecified atom stereocenters. The predicted molar refractivity (Wildman–Crippen MR) is 177 cm³/mol. The lowest BCUT2D eigenvalue weighted by atomic mass is 9.80. The van der Waals surface area contributed by atoms with E-state index in [0.29, 0.717) is 49.0 Å². The summed E-state index contributed by atoms with van der Waals surface area (Å²) in [7, 11) is 0. The molecule has 16 nitrogen and oxygen atoms in total. The number of fused-ring (bicyclic) bond motifs is 11. The molecule has 2 saturated carbocycles. The average Bonchev–Trinajstić information content (AvgIpc) is 3.97. The van der Waals surface area contributed by atoms with Crippen LogP contribution in [0.15, 0.2) is 36.5 Å². The standard InChI is InChI=1S/C13H14O7.C13H16O4.C12H14O5/c1-5(2)12(15)17-4-8(14)19-10-7-3-6-9(18-7)11(10)20-13(6)16;1-6(2)12(14)17-10-4-7-3-8(10)9-5-16-13(15)11(7)9;1-5(2)11(13)17-8-3-7-9-6(10(8)16-7)4-15-12(9)14/h6-7,9-11H,1,3-4H2,2H3;7-11H,1,3-5H2,2H3;6-10H,1,3-4H2,2H3. The SMILES string of the molecule is C=C(C)C(=O)OC1CC2CC1C1COC(=O)C21.C=C(C)C(=O)OC1CC2OC1C1COC(=O)C21.C=C(C)C(=O)OCC(=O)OC1C2CC3C(=O)OC1C3O2.